The topological polar surface area (TPSA) is 75.6 Å². The van der Waals surface area contributed by atoms with Crippen molar-refractivity contribution in [1.29, 1.82) is 0 Å². The van der Waals surface area contributed by atoms with Crippen molar-refractivity contribution in [2.24, 2.45) is 11.7 Å². The predicted molar refractivity (Wildman–Crippen MR) is 78.4 cm³/mol. The van der Waals surface area contributed by atoms with Crippen LogP contribution < -0.4 is 5.73 Å². The molecule has 0 unspecified atom stereocenters. The molecule has 0 aromatic carbocycles. The number of rotatable bonds is 3. The lowest BCUT2D eigenvalue weighted by molar-refractivity contribution is -0.137. The normalized spacial score (nSPS) is 27.2. The number of hydrogen-bond acceptors (Lipinski definition) is 5. The van der Waals surface area contributed by atoms with Crippen LogP contribution >= 0.6 is 0 Å². The van der Waals surface area contributed by atoms with Gasteiger partial charge in [-0.1, -0.05) is 5.16 Å². The van der Waals surface area contributed by atoms with Gasteiger partial charge in [-0.25, -0.2) is 0 Å². The Morgan fingerprint density at radius 3 is 2.71 bits per heavy atom. The van der Waals surface area contributed by atoms with Gasteiger partial charge < -0.3 is 15.2 Å². The lowest BCUT2D eigenvalue weighted by Gasteiger charge is -2.35. The third-order valence-corrected chi connectivity index (χ3v) is 4.57. The molecule has 1 aromatic rings. The van der Waals surface area contributed by atoms with Gasteiger partial charge in [0, 0.05) is 50.7 Å². The van der Waals surface area contributed by atoms with Crippen LogP contribution in [0.2, 0.25) is 0 Å². The van der Waals surface area contributed by atoms with E-state index < -0.39 is 0 Å². The van der Waals surface area contributed by atoms with E-state index in [4.69, 9.17) is 10.3 Å². The highest BCUT2D eigenvalue weighted by Crippen LogP contribution is 2.26. The van der Waals surface area contributed by atoms with Gasteiger partial charge in [-0.2, -0.15) is 0 Å². The summed E-state index contributed by atoms with van der Waals surface area (Å²) in [7, 11) is 0. The molecule has 1 saturated heterocycles. The molecule has 21 heavy (non-hydrogen) atoms. The van der Waals surface area contributed by atoms with Gasteiger partial charge in [0.1, 0.15) is 5.76 Å². The number of piperazine rings is 1. The highest BCUT2D eigenvalue weighted by molar-refractivity contribution is 5.79. The monoisotopic (exact) mass is 292 g/mol. The van der Waals surface area contributed by atoms with Crippen molar-refractivity contribution in [1.82, 2.24) is 15.0 Å². The van der Waals surface area contributed by atoms with Gasteiger partial charge in [0.05, 0.1) is 5.69 Å². The minimum Gasteiger partial charge on any atom is -0.361 e. The molecule has 2 heterocycles. The SMILES string of the molecule is Cc1cc(CN2CCN(C(=O)[C@H]3CC[C@@H](N)C3)CC2)no1. The largest absolute Gasteiger partial charge is 0.361 e. The smallest absolute Gasteiger partial charge is 0.225 e. The van der Waals surface area contributed by atoms with Crippen molar-refractivity contribution in [3.8, 4) is 0 Å². The zero-order valence-electron chi connectivity index (χ0n) is 12.6. The molecule has 6 nitrogen and oxygen atoms in total. The van der Waals surface area contributed by atoms with E-state index >= 15 is 0 Å². The lowest BCUT2D eigenvalue weighted by Crippen LogP contribution is -2.49. The predicted octanol–water partition coefficient (Wildman–Crippen LogP) is 0.755. The molecule has 0 radical (unpaired) electrons. The molecule has 2 atom stereocenters. The van der Waals surface area contributed by atoms with Crippen LogP contribution in [0.1, 0.15) is 30.7 Å². The standard InChI is InChI=1S/C15H24N4O2/c1-11-8-14(17-21-11)10-18-4-6-19(7-5-18)15(20)12-2-3-13(16)9-12/h8,12-13H,2-7,9-10,16H2,1H3/t12-,13+/m0/s1. The van der Waals surface area contributed by atoms with E-state index in [0.29, 0.717) is 5.91 Å². The molecule has 1 aliphatic heterocycles. The first-order chi connectivity index (χ1) is 10.1. The van der Waals surface area contributed by atoms with Crippen LogP contribution in [0, 0.1) is 12.8 Å². The summed E-state index contributed by atoms with van der Waals surface area (Å²) in [6.07, 6.45) is 2.80. The van der Waals surface area contributed by atoms with Gasteiger partial charge in [0.2, 0.25) is 5.91 Å². The van der Waals surface area contributed by atoms with Crippen molar-refractivity contribution in [3.05, 3.63) is 17.5 Å². The van der Waals surface area contributed by atoms with Crippen LogP contribution in [0.3, 0.4) is 0 Å². The van der Waals surface area contributed by atoms with Crippen LogP contribution in [-0.4, -0.2) is 53.1 Å². The molecular formula is C15H24N4O2. The Kier molecular flexibility index (Phi) is 4.26. The highest BCUT2D eigenvalue weighted by Gasteiger charge is 2.32. The van der Waals surface area contributed by atoms with Crippen LogP contribution in [0.5, 0.6) is 0 Å². The molecule has 3 rings (SSSR count). The second-order valence-electron chi connectivity index (χ2n) is 6.30. The molecule has 0 spiro atoms. The summed E-state index contributed by atoms with van der Waals surface area (Å²) in [6, 6.07) is 2.19. The van der Waals surface area contributed by atoms with Crippen LogP contribution in [0.15, 0.2) is 10.6 Å². The molecule has 2 aliphatic rings. The summed E-state index contributed by atoms with van der Waals surface area (Å²) >= 11 is 0. The number of aryl methyl sites for hydroxylation is 1. The van der Waals surface area contributed by atoms with Gasteiger partial charge in [-0.3, -0.25) is 9.69 Å². The summed E-state index contributed by atoms with van der Waals surface area (Å²) in [5, 5.41) is 4.02. The molecule has 6 heteroatoms. The van der Waals surface area contributed by atoms with Crippen molar-refractivity contribution >= 4 is 5.91 Å². The number of aromatic nitrogens is 1. The third-order valence-electron chi connectivity index (χ3n) is 4.57. The lowest BCUT2D eigenvalue weighted by atomic mass is 10.1. The number of hydrogen-bond donors (Lipinski definition) is 1. The van der Waals surface area contributed by atoms with Crippen LogP contribution in [-0.2, 0) is 11.3 Å². The van der Waals surface area contributed by atoms with Gasteiger partial charge in [-0.15, -0.1) is 0 Å². The fraction of sp³-hybridized carbons (Fsp3) is 0.733. The average molecular weight is 292 g/mol. The molecule has 2 fully saturated rings. The Morgan fingerprint density at radius 2 is 2.14 bits per heavy atom. The van der Waals surface area contributed by atoms with Crippen molar-refractivity contribution in [2.75, 3.05) is 26.2 Å². The zero-order chi connectivity index (χ0) is 14.8. The minimum absolute atomic E-state index is 0.157. The Morgan fingerprint density at radius 1 is 1.38 bits per heavy atom. The Hall–Kier alpha value is -1.40. The fourth-order valence-electron chi connectivity index (χ4n) is 3.35. The summed E-state index contributed by atoms with van der Waals surface area (Å²) in [4.78, 5) is 16.8. The Bertz CT molecular complexity index is 494. The Labute approximate surface area is 125 Å². The molecule has 116 valence electrons. The van der Waals surface area contributed by atoms with E-state index in [0.717, 1.165) is 63.4 Å². The number of carbonyl (C=O) groups excluding carboxylic acids is 1. The highest BCUT2D eigenvalue weighted by atomic mass is 16.5. The summed E-state index contributed by atoms with van der Waals surface area (Å²) in [5.74, 6) is 1.31. The summed E-state index contributed by atoms with van der Waals surface area (Å²) < 4.78 is 5.09. The summed E-state index contributed by atoms with van der Waals surface area (Å²) in [5.41, 5.74) is 6.87. The first kappa shape index (κ1) is 14.5. The molecule has 1 aliphatic carbocycles. The third kappa shape index (κ3) is 3.44. The van der Waals surface area contributed by atoms with E-state index in [9.17, 15) is 4.79 Å². The van der Waals surface area contributed by atoms with E-state index in [1.165, 1.54) is 0 Å². The zero-order valence-corrected chi connectivity index (χ0v) is 12.6. The molecular weight excluding hydrogens is 268 g/mol. The number of amides is 1. The van der Waals surface area contributed by atoms with Crippen LogP contribution in [0.25, 0.3) is 0 Å². The number of nitrogens with two attached hydrogens (primary N) is 1. The first-order valence-corrected chi connectivity index (χ1v) is 7.81. The molecule has 0 bridgehead atoms. The first-order valence-electron chi connectivity index (χ1n) is 7.81. The molecule has 1 saturated carbocycles. The minimum atomic E-state index is 0.157. The van der Waals surface area contributed by atoms with E-state index in [-0.39, 0.29) is 12.0 Å². The van der Waals surface area contributed by atoms with Crippen molar-refractivity contribution < 1.29 is 9.32 Å². The molecule has 1 aromatic heterocycles. The second-order valence-corrected chi connectivity index (χ2v) is 6.30. The maximum absolute atomic E-state index is 12.4. The second kappa shape index (κ2) is 6.15. The molecule has 2 N–H and O–H groups in total. The fourth-order valence-corrected chi connectivity index (χ4v) is 3.35. The van der Waals surface area contributed by atoms with Gasteiger partial charge in [0.25, 0.3) is 0 Å². The van der Waals surface area contributed by atoms with Crippen molar-refractivity contribution in [2.45, 2.75) is 38.8 Å². The number of carbonyl (C=O) groups is 1. The van der Waals surface area contributed by atoms with Crippen LogP contribution in [0.4, 0.5) is 0 Å². The van der Waals surface area contributed by atoms with E-state index in [1.807, 2.05) is 17.9 Å². The van der Waals surface area contributed by atoms with Gasteiger partial charge in [-0.05, 0) is 26.2 Å². The Balaban J connectivity index is 1.47. The average Bonchev–Trinajstić information content (AvgIpc) is 3.08. The van der Waals surface area contributed by atoms with Gasteiger partial charge >= 0.3 is 0 Å². The maximum atomic E-state index is 12.4. The maximum Gasteiger partial charge on any atom is 0.225 e. The van der Waals surface area contributed by atoms with E-state index in [1.54, 1.807) is 0 Å². The molecule has 1 amide bonds. The summed E-state index contributed by atoms with van der Waals surface area (Å²) in [6.45, 7) is 6.11. The number of nitrogens with zero attached hydrogens (tertiary/aromatic N) is 3. The van der Waals surface area contributed by atoms with E-state index in [2.05, 4.69) is 10.1 Å². The quantitative estimate of drug-likeness (QED) is 0.890. The van der Waals surface area contributed by atoms with Gasteiger partial charge in [0.15, 0.2) is 0 Å². The van der Waals surface area contributed by atoms with Crippen molar-refractivity contribution in [3.63, 3.8) is 0 Å².